The van der Waals surface area contributed by atoms with Gasteiger partial charge in [-0.25, -0.2) is 0 Å². The van der Waals surface area contributed by atoms with Gasteiger partial charge in [-0.1, -0.05) is 12.1 Å². The van der Waals surface area contributed by atoms with E-state index in [0.29, 0.717) is 0 Å². The van der Waals surface area contributed by atoms with Crippen LogP contribution >= 0.6 is 11.3 Å². The molecule has 0 atom stereocenters. The third kappa shape index (κ3) is 2.19. The molecule has 2 rings (SSSR count). The van der Waals surface area contributed by atoms with E-state index in [1.165, 1.54) is 0 Å². The second-order valence-electron chi connectivity index (χ2n) is 3.19. The average Bonchev–Trinajstić information content (AvgIpc) is 2.78. The molecule has 0 radical (unpaired) electrons. The van der Waals surface area contributed by atoms with Crippen molar-refractivity contribution >= 4 is 11.3 Å². The Morgan fingerprint density at radius 2 is 1.93 bits per heavy atom. The second kappa shape index (κ2) is 4.47. The lowest BCUT2D eigenvalue weighted by atomic mass is 10.1. The van der Waals surface area contributed by atoms with Gasteiger partial charge in [-0.2, -0.15) is 0 Å². The maximum absolute atomic E-state index is 8.97. The first-order valence-corrected chi connectivity index (χ1v) is 5.54. The van der Waals surface area contributed by atoms with E-state index < -0.39 is 0 Å². The van der Waals surface area contributed by atoms with Crippen molar-refractivity contribution in [3.8, 4) is 16.9 Å². The molecule has 0 unspecified atom stereocenters. The lowest BCUT2D eigenvalue weighted by Crippen LogP contribution is -1.81. The zero-order chi connectivity index (χ0) is 10.7. The summed E-state index contributed by atoms with van der Waals surface area (Å²) in [6, 6.07) is 9.91. The number of aliphatic hydroxyl groups excluding tert-OH is 1. The fourth-order valence-corrected chi connectivity index (χ4v) is 2.15. The summed E-state index contributed by atoms with van der Waals surface area (Å²) in [5.74, 6) is 0.858. The number of hydrogen-bond donors (Lipinski definition) is 1. The van der Waals surface area contributed by atoms with Gasteiger partial charge in [-0.3, -0.25) is 0 Å². The largest absolute Gasteiger partial charge is 0.497 e. The maximum Gasteiger partial charge on any atom is 0.118 e. The van der Waals surface area contributed by atoms with Gasteiger partial charge in [0.25, 0.3) is 0 Å². The molecule has 1 aromatic heterocycles. The van der Waals surface area contributed by atoms with Gasteiger partial charge in [-0.05, 0) is 34.7 Å². The fourth-order valence-electron chi connectivity index (χ4n) is 1.40. The molecule has 1 aromatic carbocycles. The van der Waals surface area contributed by atoms with Crippen molar-refractivity contribution in [3.05, 3.63) is 40.6 Å². The van der Waals surface area contributed by atoms with Crippen molar-refractivity contribution in [2.24, 2.45) is 0 Å². The zero-order valence-electron chi connectivity index (χ0n) is 8.43. The highest BCUT2D eigenvalue weighted by Gasteiger charge is 2.01. The lowest BCUT2D eigenvalue weighted by Gasteiger charge is -2.00. The summed E-state index contributed by atoms with van der Waals surface area (Å²) in [5.41, 5.74) is 2.29. The molecule has 2 aromatic rings. The van der Waals surface area contributed by atoms with E-state index in [9.17, 15) is 0 Å². The van der Waals surface area contributed by atoms with E-state index >= 15 is 0 Å². The van der Waals surface area contributed by atoms with E-state index in [1.807, 2.05) is 35.7 Å². The van der Waals surface area contributed by atoms with Gasteiger partial charge >= 0.3 is 0 Å². The van der Waals surface area contributed by atoms with Crippen LogP contribution in [0, 0.1) is 0 Å². The Balaban J connectivity index is 2.28. The van der Waals surface area contributed by atoms with Crippen molar-refractivity contribution in [1.29, 1.82) is 0 Å². The molecular formula is C12H12O2S. The second-order valence-corrected chi connectivity index (χ2v) is 4.18. The Morgan fingerprint density at radius 1 is 1.20 bits per heavy atom. The number of thiophene rings is 1. The molecular weight excluding hydrogens is 208 g/mol. The van der Waals surface area contributed by atoms with Crippen LogP contribution in [0.15, 0.2) is 35.7 Å². The summed E-state index contributed by atoms with van der Waals surface area (Å²) in [6.07, 6.45) is 0. The molecule has 2 nitrogen and oxygen atoms in total. The molecule has 0 aliphatic carbocycles. The minimum absolute atomic E-state index is 0.112. The number of methoxy groups -OCH3 is 1. The Bertz CT molecular complexity index is 431. The van der Waals surface area contributed by atoms with Crippen LogP contribution in [0.3, 0.4) is 0 Å². The summed E-state index contributed by atoms with van der Waals surface area (Å²) in [6.45, 7) is 0.112. The molecule has 0 aliphatic heterocycles. The summed E-state index contributed by atoms with van der Waals surface area (Å²) >= 11 is 1.57. The Labute approximate surface area is 92.8 Å². The minimum atomic E-state index is 0.112. The van der Waals surface area contributed by atoms with Crippen LogP contribution in [0.25, 0.3) is 11.1 Å². The zero-order valence-corrected chi connectivity index (χ0v) is 9.25. The highest BCUT2D eigenvalue weighted by molar-refractivity contribution is 7.10. The van der Waals surface area contributed by atoms with E-state index in [4.69, 9.17) is 9.84 Å². The Hall–Kier alpha value is -1.32. The van der Waals surface area contributed by atoms with Gasteiger partial charge in [0, 0.05) is 4.88 Å². The Morgan fingerprint density at radius 3 is 2.47 bits per heavy atom. The van der Waals surface area contributed by atoms with Crippen LogP contribution in [-0.4, -0.2) is 12.2 Å². The number of aliphatic hydroxyl groups is 1. The van der Waals surface area contributed by atoms with E-state index in [1.54, 1.807) is 18.4 Å². The first-order valence-electron chi connectivity index (χ1n) is 4.66. The molecule has 0 fully saturated rings. The van der Waals surface area contributed by atoms with E-state index in [2.05, 4.69) is 0 Å². The molecule has 0 aliphatic rings. The SMILES string of the molecule is COc1ccc(-c2csc(CO)c2)cc1. The predicted molar refractivity (Wildman–Crippen MR) is 62.2 cm³/mol. The van der Waals surface area contributed by atoms with Crippen LogP contribution in [0.5, 0.6) is 5.75 Å². The van der Waals surface area contributed by atoms with Crippen molar-refractivity contribution in [2.45, 2.75) is 6.61 Å². The number of rotatable bonds is 3. The lowest BCUT2D eigenvalue weighted by molar-refractivity contribution is 0.285. The summed E-state index contributed by atoms with van der Waals surface area (Å²) in [4.78, 5) is 0.987. The molecule has 78 valence electrons. The van der Waals surface area contributed by atoms with Gasteiger partial charge in [0.1, 0.15) is 5.75 Å². The van der Waals surface area contributed by atoms with Gasteiger partial charge in [-0.15, -0.1) is 11.3 Å². The van der Waals surface area contributed by atoms with E-state index in [0.717, 1.165) is 21.8 Å². The molecule has 1 N–H and O–H groups in total. The fraction of sp³-hybridized carbons (Fsp3) is 0.167. The normalized spacial score (nSPS) is 10.3. The molecule has 0 spiro atoms. The molecule has 0 bridgehead atoms. The monoisotopic (exact) mass is 220 g/mol. The number of benzene rings is 1. The van der Waals surface area contributed by atoms with Crippen molar-refractivity contribution < 1.29 is 9.84 Å². The highest BCUT2D eigenvalue weighted by atomic mass is 32.1. The summed E-state index contributed by atoms with van der Waals surface area (Å²) in [5, 5.41) is 11.0. The minimum Gasteiger partial charge on any atom is -0.497 e. The topological polar surface area (TPSA) is 29.5 Å². The van der Waals surface area contributed by atoms with Crippen LogP contribution in [0.4, 0.5) is 0 Å². The maximum atomic E-state index is 8.97. The van der Waals surface area contributed by atoms with Gasteiger partial charge < -0.3 is 9.84 Å². The average molecular weight is 220 g/mol. The summed E-state index contributed by atoms with van der Waals surface area (Å²) in [7, 11) is 1.66. The third-order valence-electron chi connectivity index (χ3n) is 2.23. The van der Waals surface area contributed by atoms with Crippen molar-refractivity contribution in [1.82, 2.24) is 0 Å². The van der Waals surface area contributed by atoms with Gasteiger partial charge in [0.2, 0.25) is 0 Å². The van der Waals surface area contributed by atoms with Crippen LogP contribution < -0.4 is 4.74 Å². The number of hydrogen-bond acceptors (Lipinski definition) is 3. The van der Waals surface area contributed by atoms with Gasteiger partial charge in [0.05, 0.1) is 13.7 Å². The Kier molecular flexibility index (Phi) is 3.04. The van der Waals surface area contributed by atoms with Crippen molar-refractivity contribution in [3.63, 3.8) is 0 Å². The highest BCUT2D eigenvalue weighted by Crippen LogP contribution is 2.27. The quantitative estimate of drug-likeness (QED) is 0.861. The first-order chi connectivity index (χ1) is 7.33. The van der Waals surface area contributed by atoms with E-state index in [-0.39, 0.29) is 6.61 Å². The standard InChI is InChI=1S/C12H12O2S/c1-14-11-4-2-9(3-5-11)10-6-12(7-13)15-8-10/h2-6,8,13H,7H2,1H3. The third-order valence-corrected chi connectivity index (χ3v) is 3.15. The van der Waals surface area contributed by atoms with Gasteiger partial charge in [0.15, 0.2) is 0 Å². The molecule has 3 heteroatoms. The van der Waals surface area contributed by atoms with Crippen LogP contribution in [0.2, 0.25) is 0 Å². The predicted octanol–water partition coefficient (Wildman–Crippen LogP) is 2.92. The van der Waals surface area contributed by atoms with Crippen molar-refractivity contribution in [2.75, 3.05) is 7.11 Å². The molecule has 15 heavy (non-hydrogen) atoms. The smallest absolute Gasteiger partial charge is 0.118 e. The molecule has 0 saturated carbocycles. The van der Waals surface area contributed by atoms with Crippen LogP contribution in [-0.2, 0) is 6.61 Å². The molecule has 0 saturated heterocycles. The molecule has 0 amide bonds. The molecule has 1 heterocycles. The number of ether oxygens (including phenoxy) is 1. The first kappa shape index (κ1) is 10.2. The summed E-state index contributed by atoms with van der Waals surface area (Å²) < 4.78 is 5.09. The van der Waals surface area contributed by atoms with Crippen LogP contribution in [0.1, 0.15) is 4.88 Å².